The minimum atomic E-state index is -0.855. The van der Waals surface area contributed by atoms with Gasteiger partial charge in [0.1, 0.15) is 24.1 Å². The minimum Gasteiger partial charge on any atom is -0.394 e. The predicted molar refractivity (Wildman–Crippen MR) is 120 cm³/mol. The van der Waals surface area contributed by atoms with Crippen molar-refractivity contribution in [3.8, 4) is 0 Å². The Morgan fingerprint density at radius 2 is 2.00 bits per heavy atom. The van der Waals surface area contributed by atoms with Gasteiger partial charge in [0.25, 0.3) is 11.8 Å². The van der Waals surface area contributed by atoms with Crippen molar-refractivity contribution in [1.82, 2.24) is 10.3 Å². The first-order valence-electron chi connectivity index (χ1n) is 11.0. The molecule has 180 valence electrons. The number of hydrogen-bond donors (Lipinski definition) is 4. The average Bonchev–Trinajstić information content (AvgIpc) is 3.43. The number of hydrogen-bond acceptors (Lipinski definition) is 6. The molecule has 0 spiro atoms. The van der Waals surface area contributed by atoms with Gasteiger partial charge in [0.2, 0.25) is 0 Å². The van der Waals surface area contributed by atoms with Gasteiger partial charge in [0.05, 0.1) is 17.7 Å². The fourth-order valence-electron chi connectivity index (χ4n) is 4.85. The second-order valence-electron chi connectivity index (χ2n) is 9.18. The zero-order chi connectivity index (χ0) is 24.4. The number of carbonyl (C=O) groups is 2. The van der Waals surface area contributed by atoms with Crippen LogP contribution < -0.4 is 10.6 Å². The van der Waals surface area contributed by atoms with E-state index in [0.29, 0.717) is 39.3 Å². The van der Waals surface area contributed by atoms with Gasteiger partial charge < -0.3 is 34.9 Å². The summed E-state index contributed by atoms with van der Waals surface area (Å²) in [6, 6.07) is 4.10. The van der Waals surface area contributed by atoms with Crippen LogP contribution >= 0.6 is 0 Å². The van der Waals surface area contributed by atoms with E-state index >= 15 is 0 Å². The number of aryl methyl sites for hydroxylation is 1. The number of benzene rings is 1. The van der Waals surface area contributed by atoms with Gasteiger partial charge >= 0.3 is 0 Å². The highest BCUT2D eigenvalue weighted by Crippen LogP contribution is 2.38. The van der Waals surface area contributed by atoms with Crippen LogP contribution in [0.5, 0.6) is 0 Å². The summed E-state index contributed by atoms with van der Waals surface area (Å²) in [6.07, 6.45) is -0.874. The molecule has 2 saturated heterocycles. The number of aromatic nitrogens is 1. The van der Waals surface area contributed by atoms with E-state index in [9.17, 15) is 19.1 Å². The topological polar surface area (TPSA) is 122 Å². The van der Waals surface area contributed by atoms with Crippen LogP contribution in [0.1, 0.15) is 46.7 Å². The van der Waals surface area contributed by atoms with Gasteiger partial charge in [-0.25, -0.2) is 4.39 Å². The Morgan fingerprint density at radius 1 is 1.26 bits per heavy atom. The second kappa shape index (κ2) is 8.02. The quantitative estimate of drug-likeness (QED) is 0.508. The maximum atomic E-state index is 13.8. The molecule has 0 radical (unpaired) electrons. The molecule has 2 fully saturated rings. The molecule has 2 aromatic rings. The van der Waals surface area contributed by atoms with E-state index in [1.165, 1.54) is 18.2 Å². The number of halogens is 1. The lowest BCUT2D eigenvalue weighted by Crippen LogP contribution is -2.44. The molecule has 1 aromatic carbocycles. The fourth-order valence-corrected chi connectivity index (χ4v) is 4.85. The first-order valence-corrected chi connectivity index (χ1v) is 11.0. The summed E-state index contributed by atoms with van der Waals surface area (Å²) in [6.45, 7) is 6.78. The molecule has 4 N–H and O–H groups in total. The van der Waals surface area contributed by atoms with E-state index in [-0.39, 0.29) is 12.5 Å². The Labute approximate surface area is 195 Å². The number of aliphatic hydroxyl groups excluding tert-OH is 1. The number of amides is 2. The van der Waals surface area contributed by atoms with Crippen LogP contribution in [0.15, 0.2) is 18.2 Å². The van der Waals surface area contributed by atoms with Crippen molar-refractivity contribution in [2.24, 2.45) is 0 Å². The molecule has 34 heavy (non-hydrogen) atoms. The normalized spacial score (nSPS) is 28.2. The number of ether oxygens (including phenoxy) is 3. The molecule has 0 bridgehead atoms. The number of fused-ring (bicyclic) bond motifs is 2. The molecule has 0 saturated carbocycles. The standard InChI is InChI=1S/C24H26FN3O6/c1-10-16(8-14-13-7-12(25)5-6-15(13)27-21(14)30)26-11(2)18(10)22(31)28-23-20-19(17(9-29)32-23)33-24(3,4)34-20/h5-8,17,19-20,23,26,29H,9H2,1-4H3,(H,27,30)(H,28,31)/b14-8-/t17-,19-,20?,23-/m0/s1. The SMILES string of the molecule is Cc1[nH]c(/C=C2\C(=O)Nc3ccc(F)cc32)c(C)c1C(=O)N[C@H]1O[C@@H](CO)[C@@H]2OC(C)(C)OC21. The summed E-state index contributed by atoms with van der Waals surface area (Å²) in [5.74, 6) is -2.04. The zero-order valence-corrected chi connectivity index (χ0v) is 19.2. The van der Waals surface area contributed by atoms with E-state index in [1.54, 1.807) is 33.8 Å². The van der Waals surface area contributed by atoms with Gasteiger partial charge in [-0.15, -0.1) is 0 Å². The van der Waals surface area contributed by atoms with Crippen molar-refractivity contribution in [3.63, 3.8) is 0 Å². The molecular weight excluding hydrogens is 445 g/mol. The highest BCUT2D eigenvalue weighted by molar-refractivity contribution is 6.34. The lowest BCUT2D eigenvalue weighted by Gasteiger charge is -2.24. The first-order chi connectivity index (χ1) is 16.1. The third-order valence-electron chi connectivity index (χ3n) is 6.36. The maximum absolute atomic E-state index is 13.8. The molecular formula is C24H26FN3O6. The number of carbonyl (C=O) groups excluding carboxylic acids is 2. The van der Waals surface area contributed by atoms with Gasteiger partial charge in [0, 0.05) is 22.6 Å². The average molecular weight is 471 g/mol. The highest BCUT2D eigenvalue weighted by Gasteiger charge is 2.55. The lowest BCUT2D eigenvalue weighted by molar-refractivity contribution is -0.192. The molecule has 4 heterocycles. The van der Waals surface area contributed by atoms with E-state index in [4.69, 9.17) is 14.2 Å². The van der Waals surface area contributed by atoms with E-state index in [1.807, 2.05) is 0 Å². The molecule has 3 aliphatic heterocycles. The zero-order valence-electron chi connectivity index (χ0n) is 19.2. The van der Waals surface area contributed by atoms with Crippen molar-refractivity contribution in [1.29, 1.82) is 0 Å². The first kappa shape index (κ1) is 22.7. The van der Waals surface area contributed by atoms with Crippen LogP contribution in [0.25, 0.3) is 11.6 Å². The second-order valence-corrected chi connectivity index (χ2v) is 9.18. The molecule has 0 aliphatic carbocycles. The molecule has 5 rings (SSSR count). The summed E-state index contributed by atoms with van der Waals surface area (Å²) >= 11 is 0. The Bertz CT molecular complexity index is 1220. The van der Waals surface area contributed by atoms with Gasteiger partial charge in [-0.2, -0.15) is 0 Å². The fraction of sp³-hybridized carbons (Fsp3) is 0.417. The van der Waals surface area contributed by atoms with Gasteiger partial charge in [-0.1, -0.05) is 0 Å². The number of aromatic amines is 1. The minimum absolute atomic E-state index is 0.267. The van der Waals surface area contributed by atoms with Gasteiger partial charge in [-0.05, 0) is 57.5 Å². The number of H-pyrrole nitrogens is 1. The monoisotopic (exact) mass is 471 g/mol. The van der Waals surface area contributed by atoms with Crippen LogP contribution in [0.3, 0.4) is 0 Å². The number of anilines is 1. The van der Waals surface area contributed by atoms with Crippen LogP contribution in [0.2, 0.25) is 0 Å². The van der Waals surface area contributed by atoms with Gasteiger partial charge in [-0.3, -0.25) is 9.59 Å². The molecule has 4 atom stereocenters. The predicted octanol–water partition coefficient (Wildman–Crippen LogP) is 2.23. The molecule has 2 amide bonds. The van der Waals surface area contributed by atoms with E-state index < -0.39 is 42.1 Å². The van der Waals surface area contributed by atoms with E-state index in [0.717, 1.165) is 0 Å². The number of aliphatic hydroxyl groups is 1. The van der Waals surface area contributed by atoms with Gasteiger partial charge in [0.15, 0.2) is 12.0 Å². The summed E-state index contributed by atoms with van der Waals surface area (Å²) in [7, 11) is 0. The summed E-state index contributed by atoms with van der Waals surface area (Å²) in [5, 5.41) is 15.2. The number of rotatable bonds is 4. The Morgan fingerprint density at radius 3 is 2.74 bits per heavy atom. The highest BCUT2D eigenvalue weighted by atomic mass is 19.1. The Balaban J connectivity index is 1.41. The Hall–Kier alpha value is -3.05. The summed E-state index contributed by atoms with van der Waals surface area (Å²) in [5.41, 5.74) is 3.47. The largest absolute Gasteiger partial charge is 0.394 e. The third-order valence-corrected chi connectivity index (χ3v) is 6.36. The summed E-state index contributed by atoms with van der Waals surface area (Å²) in [4.78, 5) is 28.8. The van der Waals surface area contributed by atoms with Crippen molar-refractivity contribution < 1.29 is 33.3 Å². The lowest BCUT2D eigenvalue weighted by atomic mass is 10.0. The molecule has 9 nitrogen and oxygen atoms in total. The van der Waals surface area contributed by atoms with Crippen molar-refractivity contribution >= 4 is 29.2 Å². The smallest absolute Gasteiger partial charge is 0.256 e. The van der Waals surface area contributed by atoms with Crippen molar-refractivity contribution in [2.45, 2.75) is 58.0 Å². The van der Waals surface area contributed by atoms with E-state index in [2.05, 4.69) is 15.6 Å². The third kappa shape index (κ3) is 3.72. The molecule has 3 aliphatic rings. The van der Waals surface area contributed by atoms with Crippen molar-refractivity contribution in [3.05, 3.63) is 52.1 Å². The van der Waals surface area contributed by atoms with Crippen LogP contribution in [0, 0.1) is 19.7 Å². The van der Waals surface area contributed by atoms with Crippen LogP contribution in [0.4, 0.5) is 10.1 Å². The molecule has 1 aromatic heterocycles. The Kier molecular flexibility index (Phi) is 5.36. The maximum Gasteiger partial charge on any atom is 0.256 e. The van der Waals surface area contributed by atoms with Crippen LogP contribution in [-0.4, -0.2) is 58.8 Å². The number of nitrogens with one attached hydrogen (secondary N) is 3. The van der Waals surface area contributed by atoms with Crippen molar-refractivity contribution in [2.75, 3.05) is 11.9 Å². The van der Waals surface area contributed by atoms with Crippen LogP contribution in [-0.2, 0) is 19.0 Å². The summed E-state index contributed by atoms with van der Waals surface area (Å²) < 4.78 is 31.3. The molecule has 1 unspecified atom stereocenters. The molecule has 10 heteroatoms.